The first-order valence-corrected chi connectivity index (χ1v) is 10.7. The van der Waals surface area contributed by atoms with Crippen LogP contribution in [0.2, 0.25) is 0 Å². The minimum absolute atomic E-state index is 0.379. The van der Waals surface area contributed by atoms with Crippen LogP contribution < -0.4 is 0 Å². The topological polar surface area (TPSA) is 0 Å². The lowest BCUT2D eigenvalue weighted by atomic mass is 9.88. The molecule has 0 unspecified atom stereocenters. The van der Waals surface area contributed by atoms with Gasteiger partial charge in [-0.15, -0.1) is 7.92 Å². The zero-order valence-electron chi connectivity index (χ0n) is 13.6. The zero-order chi connectivity index (χ0) is 14.2. The van der Waals surface area contributed by atoms with Crippen molar-refractivity contribution in [2.24, 2.45) is 11.8 Å². The predicted octanol–water partition coefficient (Wildman–Crippen LogP) is 6.37. The summed E-state index contributed by atoms with van der Waals surface area (Å²) in [5.41, 5.74) is 1.12. The third kappa shape index (κ3) is 5.03. The fourth-order valence-corrected chi connectivity index (χ4v) is 7.10. The van der Waals surface area contributed by atoms with E-state index in [0.717, 1.165) is 17.5 Å². The molecular formula is C19H33P. The Morgan fingerprint density at radius 1 is 0.750 bits per heavy atom. The normalized spacial score (nSPS) is 35.9. The van der Waals surface area contributed by atoms with Crippen LogP contribution in [0.5, 0.6) is 0 Å². The highest BCUT2D eigenvalue weighted by molar-refractivity contribution is 7.58. The summed E-state index contributed by atoms with van der Waals surface area (Å²) in [4.78, 5) is 0. The minimum atomic E-state index is 0.379. The molecule has 0 spiro atoms. The van der Waals surface area contributed by atoms with Crippen molar-refractivity contribution in [3.05, 3.63) is 24.3 Å². The molecule has 2 rings (SSSR count). The quantitative estimate of drug-likeness (QED) is 0.408. The second-order valence-corrected chi connectivity index (χ2v) is 9.42. The largest absolute Gasteiger partial charge is 0.103 e. The highest BCUT2D eigenvalue weighted by Crippen LogP contribution is 2.53. The Labute approximate surface area is 127 Å². The summed E-state index contributed by atoms with van der Waals surface area (Å²) < 4.78 is 0. The Bertz CT molecular complexity index is 270. The predicted molar refractivity (Wildman–Crippen MR) is 94.0 cm³/mol. The average Bonchev–Trinajstić information content (AvgIpc) is 2.52. The maximum atomic E-state index is 2.50. The first-order chi connectivity index (χ1) is 9.83. The molecule has 1 heterocycles. The van der Waals surface area contributed by atoms with Gasteiger partial charge in [0.1, 0.15) is 0 Å². The van der Waals surface area contributed by atoms with E-state index in [2.05, 4.69) is 38.2 Å². The van der Waals surface area contributed by atoms with E-state index in [1.54, 1.807) is 12.3 Å². The van der Waals surface area contributed by atoms with Gasteiger partial charge in [-0.05, 0) is 81.2 Å². The lowest BCUT2D eigenvalue weighted by Crippen LogP contribution is -2.22. The van der Waals surface area contributed by atoms with E-state index in [1.807, 2.05) is 0 Å². The Morgan fingerprint density at radius 3 is 1.75 bits per heavy atom. The van der Waals surface area contributed by atoms with Crippen LogP contribution in [0.1, 0.15) is 65.2 Å². The number of hydrogen-bond acceptors (Lipinski definition) is 0. The number of rotatable bonds is 5. The van der Waals surface area contributed by atoms with Gasteiger partial charge in [-0.1, -0.05) is 38.2 Å². The maximum Gasteiger partial charge on any atom is -0.0209 e. The number of hydrogen-bond donors (Lipinski definition) is 0. The van der Waals surface area contributed by atoms with E-state index in [1.165, 1.54) is 51.4 Å². The van der Waals surface area contributed by atoms with E-state index in [-0.39, 0.29) is 0 Å². The van der Waals surface area contributed by atoms with Crippen LogP contribution in [0.25, 0.3) is 0 Å². The third-order valence-electron chi connectivity index (χ3n) is 5.12. The van der Waals surface area contributed by atoms with Crippen molar-refractivity contribution < 1.29 is 0 Å². The second-order valence-electron chi connectivity index (χ2n) is 6.61. The molecule has 0 radical (unpaired) electrons. The zero-order valence-corrected chi connectivity index (χ0v) is 14.5. The van der Waals surface area contributed by atoms with Gasteiger partial charge in [0.15, 0.2) is 0 Å². The summed E-state index contributed by atoms with van der Waals surface area (Å²) in [7, 11) is 0.379. The number of allylic oxidation sites excluding steroid dienone is 4. The van der Waals surface area contributed by atoms with E-state index < -0.39 is 0 Å². The summed E-state index contributed by atoms with van der Waals surface area (Å²) in [5, 5.41) is 0. The van der Waals surface area contributed by atoms with Gasteiger partial charge in [0.25, 0.3) is 0 Å². The van der Waals surface area contributed by atoms with Gasteiger partial charge in [0, 0.05) is 0 Å². The van der Waals surface area contributed by atoms with Crippen molar-refractivity contribution in [1.29, 1.82) is 0 Å². The average molecular weight is 292 g/mol. The molecule has 0 aromatic rings. The molecule has 20 heavy (non-hydrogen) atoms. The molecule has 1 aliphatic heterocycles. The van der Waals surface area contributed by atoms with Crippen LogP contribution in [-0.4, -0.2) is 18.0 Å². The van der Waals surface area contributed by atoms with Crippen molar-refractivity contribution in [3.63, 3.8) is 0 Å². The fourth-order valence-electron chi connectivity index (χ4n) is 3.79. The Morgan fingerprint density at radius 2 is 1.25 bits per heavy atom. The first kappa shape index (κ1) is 16.3. The van der Waals surface area contributed by atoms with Gasteiger partial charge >= 0.3 is 0 Å². The third-order valence-corrected chi connectivity index (χ3v) is 8.33. The highest BCUT2D eigenvalue weighted by Gasteiger charge is 2.29. The molecule has 0 aromatic carbocycles. The van der Waals surface area contributed by atoms with Crippen molar-refractivity contribution in [2.75, 3.05) is 12.3 Å². The van der Waals surface area contributed by atoms with E-state index in [0.29, 0.717) is 7.92 Å². The Kier molecular flexibility index (Phi) is 7.36. The first-order valence-electron chi connectivity index (χ1n) is 8.90. The maximum absolute atomic E-state index is 2.50. The standard InChI is InChI=1S/C19H33P/c1-3-5-7-17-9-11-19(12-10-17)20-15-13-18(14-16-20)8-6-4-2/h5-8,17-19H,3-4,9-16H2,1-2H3/b7-5+,8-6+. The van der Waals surface area contributed by atoms with Crippen LogP contribution >= 0.6 is 7.92 Å². The van der Waals surface area contributed by atoms with Crippen molar-refractivity contribution >= 4 is 7.92 Å². The van der Waals surface area contributed by atoms with Gasteiger partial charge in [-0.3, -0.25) is 0 Å². The molecule has 0 N–H and O–H groups in total. The molecule has 1 aliphatic carbocycles. The van der Waals surface area contributed by atoms with E-state index in [4.69, 9.17) is 0 Å². The highest BCUT2D eigenvalue weighted by atomic mass is 31.1. The Balaban J connectivity index is 1.70. The molecule has 2 aliphatic rings. The summed E-state index contributed by atoms with van der Waals surface area (Å²) in [5.74, 6) is 1.82. The van der Waals surface area contributed by atoms with Gasteiger partial charge in [0.05, 0.1) is 0 Å². The van der Waals surface area contributed by atoms with Crippen LogP contribution in [-0.2, 0) is 0 Å². The van der Waals surface area contributed by atoms with Crippen LogP contribution in [0.15, 0.2) is 24.3 Å². The smallest absolute Gasteiger partial charge is 0.0209 e. The van der Waals surface area contributed by atoms with Crippen molar-refractivity contribution in [2.45, 2.75) is 70.9 Å². The molecule has 2 fully saturated rings. The van der Waals surface area contributed by atoms with Crippen LogP contribution in [0.3, 0.4) is 0 Å². The van der Waals surface area contributed by atoms with Crippen LogP contribution in [0.4, 0.5) is 0 Å². The van der Waals surface area contributed by atoms with Crippen molar-refractivity contribution in [1.82, 2.24) is 0 Å². The van der Waals surface area contributed by atoms with Crippen LogP contribution in [0, 0.1) is 11.8 Å². The molecule has 0 nitrogen and oxygen atoms in total. The molecule has 0 bridgehead atoms. The lowest BCUT2D eigenvalue weighted by molar-refractivity contribution is 0.421. The molecule has 1 heteroatoms. The molecule has 0 aromatic heterocycles. The van der Waals surface area contributed by atoms with E-state index in [9.17, 15) is 0 Å². The van der Waals surface area contributed by atoms with Crippen molar-refractivity contribution in [3.8, 4) is 0 Å². The van der Waals surface area contributed by atoms with Gasteiger partial charge in [-0.25, -0.2) is 0 Å². The molecule has 0 atom stereocenters. The fraction of sp³-hybridized carbons (Fsp3) is 0.789. The molecule has 1 saturated heterocycles. The van der Waals surface area contributed by atoms with Gasteiger partial charge < -0.3 is 0 Å². The summed E-state index contributed by atoms with van der Waals surface area (Å²) in [6.45, 7) is 4.49. The SMILES string of the molecule is CC/C=C/C1CCC(P2CCC(/C=C/CC)CC2)CC1. The Hall–Kier alpha value is -0.0900. The van der Waals surface area contributed by atoms with Gasteiger partial charge in [-0.2, -0.15) is 0 Å². The minimum Gasteiger partial charge on any atom is -0.103 e. The molecule has 1 saturated carbocycles. The molecular weight excluding hydrogens is 259 g/mol. The lowest BCUT2D eigenvalue weighted by Gasteiger charge is -2.37. The summed E-state index contributed by atoms with van der Waals surface area (Å²) in [6, 6.07) is 0. The van der Waals surface area contributed by atoms with E-state index >= 15 is 0 Å². The summed E-state index contributed by atoms with van der Waals surface area (Å²) in [6.07, 6.45) is 24.3. The summed E-state index contributed by atoms with van der Waals surface area (Å²) >= 11 is 0. The second kappa shape index (κ2) is 9.04. The molecule has 114 valence electrons. The monoisotopic (exact) mass is 292 g/mol. The molecule has 0 amide bonds. The van der Waals surface area contributed by atoms with Gasteiger partial charge in [0.2, 0.25) is 0 Å².